The number of rotatable bonds is 13. The van der Waals surface area contributed by atoms with E-state index in [-0.39, 0.29) is 36.2 Å². The lowest BCUT2D eigenvalue weighted by Crippen LogP contribution is -2.44. The number of amides is 2. The quantitative estimate of drug-likeness (QED) is 0.0829. The van der Waals surface area contributed by atoms with Crippen molar-refractivity contribution in [1.82, 2.24) is 15.0 Å². The average Bonchev–Trinajstić information content (AvgIpc) is 3.68. The first-order valence-electron chi connectivity index (χ1n) is 16.2. The molecule has 3 N–H and O–H groups in total. The highest BCUT2D eigenvalue weighted by atomic mass is 16.6. The second-order valence-electron chi connectivity index (χ2n) is 12.2. The van der Waals surface area contributed by atoms with Crippen LogP contribution in [0.2, 0.25) is 0 Å². The van der Waals surface area contributed by atoms with Crippen molar-refractivity contribution in [2.24, 2.45) is 5.92 Å². The summed E-state index contributed by atoms with van der Waals surface area (Å²) >= 11 is 0. The average molecular weight is 673 g/mol. The smallest absolute Gasteiger partial charge is 0.269 e. The Hall–Kier alpha value is -5.98. The monoisotopic (exact) mass is 672 g/mol. The van der Waals surface area contributed by atoms with Crippen molar-refractivity contribution in [2.75, 3.05) is 16.8 Å². The van der Waals surface area contributed by atoms with Crippen LogP contribution < -0.4 is 10.2 Å². The lowest BCUT2D eigenvalue weighted by atomic mass is 9.82. The van der Waals surface area contributed by atoms with Crippen LogP contribution in [-0.4, -0.2) is 48.6 Å². The molecule has 0 fully saturated rings. The molecule has 1 aliphatic rings. The highest BCUT2D eigenvalue weighted by Crippen LogP contribution is 2.47. The van der Waals surface area contributed by atoms with Crippen LogP contribution in [0, 0.1) is 16.0 Å². The molecule has 0 bridgehead atoms. The Kier molecular flexibility index (Phi) is 9.93. The molecule has 1 unspecified atom stereocenters. The maximum atomic E-state index is 14.1. The first-order chi connectivity index (χ1) is 24.2. The van der Waals surface area contributed by atoms with Gasteiger partial charge in [-0.25, -0.2) is 0 Å². The van der Waals surface area contributed by atoms with E-state index in [1.165, 1.54) is 23.1 Å². The van der Waals surface area contributed by atoms with E-state index in [0.29, 0.717) is 41.2 Å². The zero-order valence-corrected chi connectivity index (χ0v) is 27.3. The first-order valence-corrected chi connectivity index (χ1v) is 16.2. The number of nitro benzene ring substituents is 1. The molecule has 3 atom stereocenters. The minimum absolute atomic E-state index is 0.0594. The molecular weight excluding hydrogens is 636 g/mol. The van der Waals surface area contributed by atoms with Gasteiger partial charge in [-0.05, 0) is 47.9 Å². The van der Waals surface area contributed by atoms with Crippen LogP contribution in [0.5, 0.6) is 0 Å². The Bertz CT molecular complexity index is 2030. The predicted octanol–water partition coefficient (Wildman–Crippen LogP) is 5.58. The third kappa shape index (κ3) is 6.93. The number of carbonyl (C=O) groups is 2. The van der Waals surface area contributed by atoms with Gasteiger partial charge in [0.25, 0.3) is 17.5 Å². The molecule has 50 heavy (non-hydrogen) atoms. The summed E-state index contributed by atoms with van der Waals surface area (Å²) in [5, 5.41) is 45.1. The molecule has 12 nitrogen and oxygen atoms in total. The van der Waals surface area contributed by atoms with Gasteiger partial charge in [-0.15, -0.1) is 5.10 Å². The van der Waals surface area contributed by atoms with E-state index in [4.69, 9.17) is 0 Å². The molecule has 1 aliphatic heterocycles. The molecule has 6 rings (SSSR count). The number of nitrogens with zero attached hydrogens (tertiary/aromatic N) is 5. The van der Waals surface area contributed by atoms with Gasteiger partial charge in [0.1, 0.15) is 0 Å². The Balaban J connectivity index is 1.18. The molecule has 0 spiro atoms. The minimum Gasteiger partial charge on any atom is -0.395 e. The molecule has 254 valence electrons. The van der Waals surface area contributed by atoms with Crippen LogP contribution in [0.15, 0.2) is 121 Å². The maximum absolute atomic E-state index is 14.1. The second-order valence-corrected chi connectivity index (χ2v) is 12.2. The number of fused-ring (bicyclic) bond motifs is 1. The lowest BCUT2D eigenvalue weighted by Gasteiger charge is -2.27. The van der Waals surface area contributed by atoms with E-state index in [1.54, 1.807) is 72.4 Å². The highest BCUT2D eigenvalue weighted by molar-refractivity contribution is 6.07. The number of nitrogens with one attached hydrogen (secondary N) is 1. The molecule has 1 aromatic heterocycles. The summed E-state index contributed by atoms with van der Waals surface area (Å²) in [5.74, 6) is -1.94. The normalized spacial score (nSPS) is 16.7. The van der Waals surface area contributed by atoms with E-state index in [1.807, 2.05) is 42.5 Å². The number of hydrogen-bond acceptors (Lipinski definition) is 8. The fraction of sp³-hybridized carbons (Fsp3) is 0.211. The van der Waals surface area contributed by atoms with Crippen molar-refractivity contribution < 1.29 is 24.7 Å². The Morgan fingerprint density at radius 3 is 2.48 bits per heavy atom. The van der Waals surface area contributed by atoms with Gasteiger partial charge in [-0.1, -0.05) is 85.0 Å². The van der Waals surface area contributed by atoms with E-state index in [2.05, 4.69) is 15.6 Å². The van der Waals surface area contributed by atoms with Crippen molar-refractivity contribution in [3.63, 3.8) is 0 Å². The van der Waals surface area contributed by atoms with Crippen LogP contribution in [-0.2, 0) is 23.5 Å². The summed E-state index contributed by atoms with van der Waals surface area (Å²) in [6.07, 6.45) is 5.84. The Labute approximate surface area is 288 Å². The number of aliphatic hydroxyl groups excluding tert-OH is 1. The molecule has 2 amide bonds. The standard InChI is InChI=1S/C38H36N6O6/c1-26(11-8-9-20-42-24-34(40-41-42)32(25-45)28-13-4-2-5-14-28)38(48)33-22-31(44(49)50)18-19-35(33)43(37(38)47)23-27-12-10-17-30(21-27)39-36(46)29-15-6-3-7-16-29/h2-8,10-19,21-22,24,26,32,45,48H,9,20,23,25H2,1H3,(H,39,46)/b11-8+/t26-,32?,38+/m0/s1. The molecule has 0 radical (unpaired) electrons. The molecule has 0 saturated carbocycles. The Morgan fingerprint density at radius 1 is 1.02 bits per heavy atom. The number of carbonyl (C=O) groups excluding carboxylic acids is 2. The number of anilines is 2. The minimum atomic E-state index is -2.07. The summed E-state index contributed by atoms with van der Waals surface area (Å²) in [5.41, 5.74) is 1.51. The van der Waals surface area contributed by atoms with Gasteiger partial charge in [0.15, 0.2) is 5.60 Å². The van der Waals surface area contributed by atoms with Gasteiger partial charge in [-0.3, -0.25) is 24.4 Å². The zero-order valence-electron chi connectivity index (χ0n) is 27.3. The van der Waals surface area contributed by atoms with Gasteiger partial charge in [0.05, 0.1) is 35.4 Å². The number of aromatic nitrogens is 3. The Morgan fingerprint density at radius 2 is 1.76 bits per heavy atom. The van der Waals surface area contributed by atoms with Crippen LogP contribution in [0.1, 0.15) is 52.0 Å². The molecule has 4 aromatic carbocycles. The molecule has 5 aromatic rings. The summed E-state index contributed by atoms with van der Waals surface area (Å²) in [4.78, 5) is 39.4. The zero-order chi connectivity index (χ0) is 35.3. The van der Waals surface area contributed by atoms with Crippen molar-refractivity contribution in [3.05, 3.63) is 160 Å². The van der Waals surface area contributed by atoms with Gasteiger partial charge < -0.3 is 20.4 Å². The molecule has 2 heterocycles. The fourth-order valence-electron chi connectivity index (χ4n) is 6.21. The molecule has 0 saturated heterocycles. The van der Waals surface area contributed by atoms with Gasteiger partial charge in [-0.2, -0.15) is 0 Å². The van der Waals surface area contributed by atoms with Crippen molar-refractivity contribution in [1.29, 1.82) is 0 Å². The van der Waals surface area contributed by atoms with Crippen LogP contribution in [0.3, 0.4) is 0 Å². The topological polar surface area (TPSA) is 164 Å². The second kappa shape index (κ2) is 14.6. The summed E-state index contributed by atoms with van der Waals surface area (Å²) < 4.78 is 1.67. The summed E-state index contributed by atoms with van der Waals surface area (Å²) in [7, 11) is 0. The first kappa shape index (κ1) is 33.9. The van der Waals surface area contributed by atoms with Gasteiger partial charge >= 0.3 is 0 Å². The largest absolute Gasteiger partial charge is 0.395 e. The van der Waals surface area contributed by atoms with Crippen LogP contribution >= 0.6 is 0 Å². The molecule has 0 aliphatic carbocycles. The number of non-ortho nitro benzene ring substituents is 1. The SMILES string of the molecule is C[C@@H](/C=C/CCn1cc(C(CO)c2ccccc2)nn1)[C@]1(O)C(=O)N(Cc2cccc(NC(=O)c3ccccc3)c2)c2ccc([N+](=O)[O-])cc21. The maximum Gasteiger partial charge on any atom is 0.269 e. The fourth-order valence-corrected chi connectivity index (χ4v) is 6.21. The lowest BCUT2D eigenvalue weighted by molar-refractivity contribution is -0.385. The third-order valence-corrected chi connectivity index (χ3v) is 8.93. The van der Waals surface area contributed by atoms with Crippen molar-refractivity contribution in [3.8, 4) is 0 Å². The van der Waals surface area contributed by atoms with Gasteiger partial charge in [0, 0.05) is 47.6 Å². The number of allylic oxidation sites excluding steroid dienone is 1. The van der Waals surface area contributed by atoms with E-state index >= 15 is 0 Å². The number of aryl methyl sites for hydroxylation is 1. The van der Waals surface area contributed by atoms with E-state index in [0.717, 1.165) is 5.56 Å². The summed E-state index contributed by atoms with van der Waals surface area (Å²) in [6.45, 7) is 2.10. The third-order valence-electron chi connectivity index (χ3n) is 8.93. The van der Waals surface area contributed by atoms with E-state index < -0.39 is 22.3 Å². The van der Waals surface area contributed by atoms with Crippen LogP contribution in [0.4, 0.5) is 17.1 Å². The molecule has 12 heteroatoms. The number of benzene rings is 4. The van der Waals surface area contributed by atoms with Gasteiger partial charge in [0.2, 0.25) is 0 Å². The van der Waals surface area contributed by atoms with Crippen molar-refractivity contribution >= 4 is 28.9 Å². The van der Waals surface area contributed by atoms with Crippen molar-refractivity contribution in [2.45, 2.75) is 38.0 Å². The number of aliphatic hydroxyl groups is 2. The number of nitro groups is 1. The van der Waals surface area contributed by atoms with Crippen LogP contribution in [0.25, 0.3) is 0 Å². The predicted molar refractivity (Wildman–Crippen MR) is 187 cm³/mol. The van der Waals surface area contributed by atoms with E-state index in [9.17, 15) is 29.9 Å². The summed E-state index contributed by atoms with van der Waals surface area (Å²) in [6, 6.07) is 29.5. The molecular formula is C38H36N6O6. The number of hydrogen-bond donors (Lipinski definition) is 3. The highest BCUT2D eigenvalue weighted by Gasteiger charge is 2.53.